The highest BCUT2D eigenvalue weighted by molar-refractivity contribution is 5.93. The highest BCUT2D eigenvalue weighted by atomic mass is 16.5. The molecular formula is C18H15N3O2. The third-order valence-electron chi connectivity index (χ3n) is 4.14. The Hall–Kier alpha value is -2.95. The fraction of sp³-hybridized carbons (Fsp3) is 0.167. The smallest absolute Gasteiger partial charge is 0.292 e. The van der Waals surface area contributed by atoms with Gasteiger partial charge in [-0.05, 0) is 17.7 Å². The van der Waals surface area contributed by atoms with Gasteiger partial charge in [-0.15, -0.1) is 0 Å². The molecule has 1 aliphatic heterocycles. The van der Waals surface area contributed by atoms with Crippen LogP contribution in [0.15, 0.2) is 65.4 Å². The van der Waals surface area contributed by atoms with Gasteiger partial charge in [0.2, 0.25) is 5.76 Å². The SMILES string of the molecule is O=C(c1cc(-c2ccccc2)no1)N1CC(c2ccncc2)C1. The molecular weight excluding hydrogens is 290 g/mol. The van der Waals surface area contributed by atoms with E-state index in [0.29, 0.717) is 24.7 Å². The lowest BCUT2D eigenvalue weighted by Crippen LogP contribution is -2.48. The van der Waals surface area contributed by atoms with Crippen molar-refractivity contribution in [3.63, 3.8) is 0 Å². The number of hydrogen-bond donors (Lipinski definition) is 0. The van der Waals surface area contributed by atoms with Crippen LogP contribution in [0.5, 0.6) is 0 Å². The maximum absolute atomic E-state index is 12.4. The van der Waals surface area contributed by atoms with Gasteiger partial charge in [-0.25, -0.2) is 0 Å². The van der Waals surface area contributed by atoms with Gasteiger partial charge in [0.15, 0.2) is 0 Å². The number of carbonyl (C=O) groups excluding carboxylic acids is 1. The Morgan fingerprint density at radius 1 is 1.09 bits per heavy atom. The summed E-state index contributed by atoms with van der Waals surface area (Å²) < 4.78 is 5.23. The molecule has 0 spiro atoms. The summed E-state index contributed by atoms with van der Waals surface area (Å²) in [5.74, 6) is 0.556. The van der Waals surface area contributed by atoms with Crippen LogP contribution >= 0.6 is 0 Å². The fourth-order valence-corrected chi connectivity index (χ4v) is 2.77. The molecule has 1 saturated heterocycles. The molecule has 5 nitrogen and oxygen atoms in total. The van der Waals surface area contributed by atoms with Gasteiger partial charge < -0.3 is 9.42 Å². The van der Waals surface area contributed by atoms with Gasteiger partial charge in [0.1, 0.15) is 5.69 Å². The predicted molar refractivity (Wildman–Crippen MR) is 84.8 cm³/mol. The summed E-state index contributed by atoms with van der Waals surface area (Å²) >= 11 is 0. The molecule has 0 radical (unpaired) electrons. The Bertz CT molecular complexity index is 809. The van der Waals surface area contributed by atoms with Crippen molar-refractivity contribution in [2.24, 2.45) is 0 Å². The molecule has 0 bridgehead atoms. The van der Waals surface area contributed by atoms with E-state index in [1.165, 1.54) is 5.56 Å². The molecule has 1 amide bonds. The Kier molecular flexibility index (Phi) is 3.38. The molecule has 1 aromatic carbocycles. The van der Waals surface area contributed by atoms with Crippen LogP contribution in [0.2, 0.25) is 0 Å². The summed E-state index contributed by atoms with van der Waals surface area (Å²) in [5, 5.41) is 3.99. The van der Waals surface area contributed by atoms with Crippen LogP contribution in [0.3, 0.4) is 0 Å². The molecule has 0 N–H and O–H groups in total. The van der Waals surface area contributed by atoms with Crippen molar-refractivity contribution in [2.75, 3.05) is 13.1 Å². The van der Waals surface area contributed by atoms with Crippen LogP contribution in [0.25, 0.3) is 11.3 Å². The second-order valence-electron chi connectivity index (χ2n) is 5.63. The molecule has 1 fully saturated rings. The van der Waals surface area contributed by atoms with Crippen LogP contribution in [0.4, 0.5) is 0 Å². The van der Waals surface area contributed by atoms with E-state index in [1.54, 1.807) is 23.4 Å². The second-order valence-corrected chi connectivity index (χ2v) is 5.63. The Balaban J connectivity index is 1.44. The van der Waals surface area contributed by atoms with Crippen molar-refractivity contribution in [2.45, 2.75) is 5.92 Å². The van der Waals surface area contributed by atoms with Gasteiger partial charge in [0, 0.05) is 43.0 Å². The van der Waals surface area contributed by atoms with E-state index in [0.717, 1.165) is 5.56 Å². The molecule has 0 unspecified atom stereocenters. The molecule has 114 valence electrons. The van der Waals surface area contributed by atoms with Crippen molar-refractivity contribution in [3.8, 4) is 11.3 Å². The zero-order chi connectivity index (χ0) is 15.6. The third-order valence-corrected chi connectivity index (χ3v) is 4.14. The molecule has 4 rings (SSSR count). The van der Waals surface area contributed by atoms with Gasteiger partial charge >= 0.3 is 0 Å². The van der Waals surface area contributed by atoms with E-state index < -0.39 is 0 Å². The minimum absolute atomic E-state index is 0.106. The topological polar surface area (TPSA) is 59.2 Å². The lowest BCUT2D eigenvalue weighted by Gasteiger charge is -2.38. The molecule has 3 heterocycles. The van der Waals surface area contributed by atoms with Crippen LogP contribution in [0, 0.1) is 0 Å². The number of likely N-dealkylation sites (tertiary alicyclic amines) is 1. The molecule has 0 saturated carbocycles. The first-order valence-electron chi connectivity index (χ1n) is 7.52. The largest absolute Gasteiger partial charge is 0.350 e. The Labute approximate surface area is 133 Å². The normalized spacial score (nSPS) is 14.5. The van der Waals surface area contributed by atoms with Gasteiger partial charge in [-0.1, -0.05) is 35.5 Å². The number of carbonyl (C=O) groups is 1. The van der Waals surface area contributed by atoms with Crippen molar-refractivity contribution < 1.29 is 9.32 Å². The van der Waals surface area contributed by atoms with Crippen LogP contribution in [-0.4, -0.2) is 34.0 Å². The van der Waals surface area contributed by atoms with Gasteiger partial charge in [0.05, 0.1) is 0 Å². The quantitative estimate of drug-likeness (QED) is 0.746. The summed E-state index contributed by atoms with van der Waals surface area (Å²) in [6.07, 6.45) is 3.56. The minimum Gasteiger partial charge on any atom is -0.350 e. The number of rotatable bonds is 3. The molecule has 2 aromatic heterocycles. The van der Waals surface area contributed by atoms with E-state index >= 15 is 0 Å². The van der Waals surface area contributed by atoms with Gasteiger partial charge in [-0.3, -0.25) is 9.78 Å². The molecule has 5 heteroatoms. The van der Waals surface area contributed by atoms with Crippen LogP contribution in [-0.2, 0) is 0 Å². The zero-order valence-electron chi connectivity index (χ0n) is 12.4. The predicted octanol–water partition coefficient (Wildman–Crippen LogP) is 2.98. The lowest BCUT2D eigenvalue weighted by molar-refractivity contribution is 0.0560. The summed E-state index contributed by atoms with van der Waals surface area (Å²) in [5.41, 5.74) is 2.83. The first-order valence-corrected chi connectivity index (χ1v) is 7.52. The Morgan fingerprint density at radius 2 is 1.83 bits per heavy atom. The van der Waals surface area contributed by atoms with Crippen LogP contribution in [0.1, 0.15) is 22.0 Å². The first kappa shape index (κ1) is 13.7. The fourth-order valence-electron chi connectivity index (χ4n) is 2.77. The van der Waals surface area contributed by atoms with Gasteiger partial charge in [0.25, 0.3) is 5.91 Å². The molecule has 0 atom stereocenters. The molecule has 23 heavy (non-hydrogen) atoms. The Morgan fingerprint density at radius 3 is 2.57 bits per heavy atom. The summed E-state index contributed by atoms with van der Waals surface area (Å²) in [6, 6.07) is 15.4. The highest BCUT2D eigenvalue weighted by Gasteiger charge is 2.33. The van der Waals surface area contributed by atoms with Crippen molar-refractivity contribution in [3.05, 3.63) is 72.2 Å². The maximum Gasteiger partial charge on any atom is 0.292 e. The lowest BCUT2D eigenvalue weighted by atomic mass is 9.92. The first-order chi connectivity index (χ1) is 11.3. The zero-order valence-corrected chi connectivity index (χ0v) is 12.4. The van der Waals surface area contributed by atoms with E-state index in [-0.39, 0.29) is 11.7 Å². The van der Waals surface area contributed by atoms with E-state index in [1.807, 2.05) is 42.5 Å². The van der Waals surface area contributed by atoms with E-state index in [9.17, 15) is 4.79 Å². The number of aromatic nitrogens is 2. The number of amides is 1. The summed E-state index contributed by atoms with van der Waals surface area (Å²) in [4.78, 5) is 18.2. The number of nitrogens with zero attached hydrogens (tertiary/aromatic N) is 3. The van der Waals surface area contributed by atoms with Gasteiger partial charge in [-0.2, -0.15) is 0 Å². The monoisotopic (exact) mass is 305 g/mol. The van der Waals surface area contributed by atoms with Crippen molar-refractivity contribution in [1.29, 1.82) is 0 Å². The summed E-state index contributed by atoms with van der Waals surface area (Å²) in [7, 11) is 0. The second kappa shape index (κ2) is 5.68. The molecule has 0 aliphatic carbocycles. The highest BCUT2D eigenvalue weighted by Crippen LogP contribution is 2.28. The molecule has 3 aromatic rings. The number of benzene rings is 1. The standard InChI is InChI=1S/C18H15N3O2/c22-18(21-11-15(12-21)13-6-8-19-9-7-13)17-10-16(20-23-17)14-4-2-1-3-5-14/h1-10,15H,11-12H2. The average Bonchev–Trinajstić information content (AvgIpc) is 3.05. The number of pyridine rings is 1. The summed E-state index contributed by atoms with van der Waals surface area (Å²) in [6.45, 7) is 1.40. The van der Waals surface area contributed by atoms with Crippen molar-refractivity contribution >= 4 is 5.91 Å². The van der Waals surface area contributed by atoms with E-state index in [2.05, 4.69) is 10.1 Å². The minimum atomic E-state index is -0.106. The van der Waals surface area contributed by atoms with Crippen molar-refractivity contribution in [1.82, 2.24) is 15.0 Å². The van der Waals surface area contributed by atoms with Crippen LogP contribution < -0.4 is 0 Å². The third kappa shape index (κ3) is 2.61. The average molecular weight is 305 g/mol. The van der Waals surface area contributed by atoms with E-state index in [4.69, 9.17) is 4.52 Å². The maximum atomic E-state index is 12.4. The molecule has 1 aliphatic rings. The number of hydrogen-bond acceptors (Lipinski definition) is 4.